The van der Waals surface area contributed by atoms with Crippen molar-refractivity contribution in [3.63, 3.8) is 0 Å². The summed E-state index contributed by atoms with van der Waals surface area (Å²) in [5, 5.41) is 9.40. The molecule has 0 N–H and O–H groups in total. The van der Waals surface area contributed by atoms with Crippen molar-refractivity contribution in [2.45, 2.75) is 25.4 Å². The summed E-state index contributed by atoms with van der Waals surface area (Å²) < 4.78 is 7.64. The van der Waals surface area contributed by atoms with Crippen LogP contribution >= 0.6 is 0 Å². The Balaban J connectivity index is 1.27. The highest BCUT2D eigenvalue weighted by Gasteiger charge is 2.27. The normalized spacial score (nSPS) is 18.2. The van der Waals surface area contributed by atoms with Crippen LogP contribution < -0.4 is 9.64 Å². The zero-order chi connectivity index (χ0) is 18.2. The first-order valence-electron chi connectivity index (χ1n) is 9.46. The smallest absolute Gasteiger partial charge is 0.224 e. The van der Waals surface area contributed by atoms with Gasteiger partial charge in [0.1, 0.15) is 18.5 Å². The summed E-state index contributed by atoms with van der Waals surface area (Å²) in [6.45, 7) is 4.87. The quantitative estimate of drug-likeness (QED) is 0.684. The van der Waals surface area contributed by atoms with E-state index in [1.54, 1.807) is 13.4 Å². The van der Waals surface area contributed by atoms with Crippen LogP contribution in [0.25, 0.3) is 10.9 Å². The number of methoxy groups -OCH3 is 1. The van der Waals surface area contributed by atoms with E-state index >= 15 is 0 Å². The van der Waals surface area contributed by atoms with Gasteiger partial charge in [0.15, 0.2) is 0 Å². The van der Waals surface area contributed by atoms with Crippen molar-refractivity contribution < 1.29 is 4.74 Å². The van der Waals surface area contributed by atoms with Crippen LogP contribution in [0, 0.1) is 0 Å². The lowest BCUT2D eigenvalue weighted by molar-refractivity contribution is 0.240. The number of benzene rings is 1. The molecule has 5 rings (SSSR count). The van der Waals surface area contributed by atoms with Gasteiger partial charge < -0.3 is 14.2 Å². The Morgan fingerprint density at radius 1 is 1.11 bits per heavy atom. The molecule has 0 spiro atoms. The predicted molar refractivity (Wildman–Crippen MR) is 102 cm³/mol. The van der Waals surface area contributed by atoms with Crippen LogP contribution in [0.2, 0.25) is 0 Å². The zero-order valence-electron chi connectivity index (χ0n) is 15.5. The molecule has 0 bridgehead atoms. The van der Waals surface area contributed by atoms with E-state index in [4.69, 9.17) is 4.74 Å². The Morgan fingerprint density at radius 3 is 2.74 bits per heavy atom. The molecule has 2 aliphatic rings. The van der Waals surface area contributed by atoms with Gasteiger partial charge in [0.2, 0.25) is 5.88 Å². The minimum absolute atomic E-state index is 0.625. The molecule has 0 unspecified atom stereocenters. The second kappa shape index (κ2) is 6.77. The number of aromatic nitrogens is 5. The third-order valence-corrected chi connectivity index (χ3v) is 5.47. The highest BCUT2D eigenvalue weighted by atomic mass is 16.5. The summed E-state index contributed by atoms with van der Waals surface area (Å²) in [6.07, 6.45) is 5.94. The molecule has 1 saturated heterocycles. The van der Waals surface area contributed by atoms with E-state index in [0.717, 1.165) is 49.5 Å². The van der Waals surface area contributed by atoms with Crippen LogP contribution in [-0.4, -0.2) is 62.9 Å². The maximum absolute atomic E-state index is 5.39. The molecular weight excluding hydrogens is 342 g/mol. The summed E-state index contributed by atoms with van der Waals surface area (Å²) in [6, 6.07) is 6.94. The number of hydrogen-bond donors (Lipinski definition) is 0. The second-order valence-electron chi connectivity index (χ2n) is 7.23. The van der Waals surface area contributed by atoms with Crippen molar-refractivity contribution in [2.24, 2.45) is 0 Å². The zero-order valence-corrected chi connectivity index (χ0v) is 15.5. The number of piperazine rings is 1. The maximum atomic E-state index is 5.39. The van der Waals surface area contributed by atoms with E-state index in [-0.39, 0.29) is 0 Å². The molecule has 0 atom stereocenters. The van der Waals surface area contributed by atoms with Crippen molar-refractivity contribution in [3.05, 3.63) is 36.7 Å². The summed E-state index contributed by atoms with van der Waals surface area (Å²) in [7, 11) is 1.65. The maximum Gasteiger partial charge on any atom is 0.224 e. The van der Waals surface area contributed by atoms with Gasteiger partial charge in [-0.15, -0.1) is 10.2 Å². The van der Waals surface area contributed by atoms with Crippen molar-refractivity contribution in [1.82, 2.24) is 29.6 Å². The summed E-state index contributed by atoms with van der Waals surface area (Å²) in [5.41, 5.74) is 2.10. The number of ether oxygens (including phenoxy) is 1. The van der Waals surface area contributed by atoms with E-state index < -0.39 is 0 Å². The second-order valence-corrected chi connectivity index (χ2v) is 7.23. The number of rotatable bonds is 5. The van der Waals surface area contributed by atoms with E-state index in [1.165, 1.54) is 18.5 Å². The van der Waals surface area contributed by atoms with Gasteiger partial charge in [-0.3, -0.25) is 4.90 Å². The molecule has 3 heterocycles. The third kappa shape index (κ3) is 3.21. The Bertz CT molecular complexity index is 944. The highest BCUT2D eigenvalue weighted by Crippen LogP contribution is 2.35. The minimum Gasteiger partial charge on any atom is -0.480 e. The largest absolute Gasteiger partial charge is 0.480 e. The van der Waals surface area contributed by atoms with Crippen molar-refractivity contribution >= 4 is 16.6 Å². The van der Waals surface area contributed by atoms with Gasteiger partial charge in [-0.25, -0.2) is 9.97 Å². The van der Waals surface area contributed by atoms with Gasteiger partial charge >= 0.3 is 0 Å². The van der Waals surface area contributed by atoms with Crippen LogP contribution in [0.5, 0.6) is 5.88 Å². The molecule has 1 saturated carbocycles. The van der Waals surface area contributed by atoms with Crippen LogP contribution in [0.1, 0.15) is 24.7 Å². The lowest BCUT2D eigenvalue weighted by atomic mass is 10.2. The fourth-order valence-electron chi connectivity index (χ4n) is 3.78. The van der Waals surface area contributed by atoms with E-state index in [2.05, 4.69) is 46.7 Å². The first-order chi connectivity index (χ1) is 13.3. The van der Waals surface area contributed by atoms with Gasteiger partial charge in [0.25, 0.3) is 0 Å². The molecule has 27 heavy (non-hydrogen) atoms. The lowest BCUT2D eigenvalue weighted by Crippen LogP contribution is -2.46. The molecule has 1 aliphatic carbocycles. The molecule has 8 heteroatoms. The first-order valence-corrected chi connectivity index (χ1v) is 9.46. The molecule has 140 valence electrons. The molecule has 0 radical (unpaired) electrons. The van der Waals surface area contributed by atoms with E-state index in [9.17, 15) is 0 Å². The average Bonchev–Trinajstić information content (AvgIpc) is 3.46. The Kier molecular flexibility index (Phi) is 4.12. The van der Waals surface area contributed by atoms with Crippen LogP contribution in [-0.2, 0) is 6.54 Å². The lowest BCUT2D eigenvalue weighted by Gasteiger charge is -2.36. The number of nitrogens with zero attached hydrogens (tertiary/aromatic N) is 7. The molecule has 2 aromatic heterocycles. The summed E-state index contributed by atoms with van der Waals surface area (Å²) in [4.78, 5) is 13.4. The van der Waals surface area contributed by atoms with Crippen LogP contribution in [0.15, 0.2) is 30.9 Å². The summed E-state index contributed by atoms with van der Waals surface area (Å²) in [5.74, 6) is 1.72. The van der Waals surface area contributed by atoms with Crippen molar-refractivity contribution in [1.29, 1.82) is 0 Å². The van der Waals surface area contributed by atoms with Crippen molar-refractivity contribution in [2.75, 3.05) is 38.2 Å². The molecule has 8 nitrogen and oxygen atoms in total. The highest BCUT2D eigenvalue weighted by molar-refractivity contribution is 5.86. The molecule has 1 aliphatic heterocycles. The molecule has 0 amide bonds. The van der Waals surface area contributed by atoms with Gasteiger partial charge in [-0.2, -0.15) is 0 Å². The standard InChI is InChI=1S/C19H23N7O/c1-27-19-16-10-15(4-5-17(16)20-12-21-19)25-8-6-24(7-9-25)11-18-23-22-13-26(18)14-2-3-14/h4-5,10,12-14H,2-3,6-9,11H2,1H3. The average molecular weight is 365 g/mol. The molecule has 1 aromatic carbocycles. The third-order valence-electron chi connectivity index (χ3n) is 5.47. The molecular formula is C19H23N7O. The monoisotopic (exact) mass is 365 g/mol. The van der Waals surface area contributed by atoms with E-state index in [0.29, 0.717) is 11.9 Å². The number of anilines is 1. The fraction of sp³-hybridized carbons (Fsp3) is 0.474. The molecule has 3 aromatic rings. The number of fused-ring (bicyclic) bond motifs is 1. The Labute approximate surface area is 157 Å². The summed E-state index contributed by atoms with van der Waals surface area (Å²) >= 11 is 0. The van der Waals surface area contributed by atoms with Gasteiger partial charge in [0, 0.05) is 37.9 Å². The fourth-order valence-corrected chi connectivity index (χ4v) is 3.78. The Morgan fingerprint density at radius 2 is 1.96 bits per heavy atom. The van der Waals surface area contributed by atoms with E-state index in [1.807, 2.05) is 12.4 Å². The van der Waals surface area contributed by atoms with Crippen molar-refractivity contribution in [3.8, 4) is 5.88 Å². The van der Waals surface area contributed by atoms with Gasteiger partial charge in [-0.05, 0) is 31.0 Å². The first kappa shape index (κ1) is 16.4. The topological polar surface area (TPSA) is 72.2 Å². The van der Waals surface area contributed by atoms with Crippen LogP contribution in [0.3, 0.4) is 0 Å². The Hall–Kier alpha value is -2.74. The van der Waals surface area contributed by atoms with Gasteiger partial charge in [-0.1, -0.05) is 0 Å². The number of hydrogen-bond acceptors (Lipinski definition) is 7. The predicted octanol–water partition coefficient (Wildman–Crippen LogP) is 1.89. The molecule has 2 fully saturated rings. The van der Waals surface area contributed by atoms with Crippen LogP contribution in [0.4, 0.5) is 5.69 Å². The minimum atomic E-state index is 0.625. The van der Waals surface area contributed by atoms with Gasteiger partial charge in [0.05, 0.1) is 24.6 Å². The SMILES string of the molecule is COc1ncnc2ccc(N3CCN(Cc4nncn4C4CC4)CC3)cc12.